The molecule has 0 heterocycles. The van der Waals surface area contributed by atoms with Gasteiger partial charge in [0.1, 0.15) is 0 Å². The van der Waals surface area contributed by atoms with Gasteiger partial charge in [0.25, 0.3) is 0 Å². The Hall–Kier alpha value is -8.00. The number of fused-ring (bicyclic) bond motifs is 9. The summed E-state index contributed by atoms with van der Waals surface area (Å²) in [5.74, 6) is 3.07. The Bertz CT molecular complexity index is 4160. The van der Waals surface area contributed by atoms with E-state index in [-0.39, 0.29) is 21.7 Å². The first-order valence-corrected chi connectivity index (χ1v) is 31.1. The van der Waals surface area contributed by atoms with Crippen molar-refractivity contribution in [2.45, 2.75) is 115 Å². The molecule has 0 unspecified atom stereocenters. The monoisotopic (exact) mass is 1070 g/mol. The van der Waals surface area contributed by atoms with Crippen LogP contribution in [0.3, 0.4) is 0 Å². The number of anilines is 3. The molecule has 0 atom stereocenters. The van der Waals surface area contributed by atoms with Crippen LogP contribution in [0, 0.1) is 23.7 Å². The highest BCUT2D eigenvalue weighted by atomic mass is 15.1. The van der Waals surface area contributed by atoms with E-state index in [9.17, 15) is 0 Å². The van der Waals surface area contributed by atoms with Gasteiger partial charge in [0.05, 0.1) is 11.1 Å². The number of rotatable bonds is 7. The lowest BCUT2D eigenvalue weighted by Gasteiger charge is -2.61. The molecule has 7 aliphatic carbocycles. The molecule has 4 bridgehead atoms. The molecule has 1 nitrogen and oxygen atoms in total. The number of benzene rings is 10. The van der Waals surface area contributed by atoms with Crippen LogP contribution >= 0.6 is 0 Å². The molecule has 0 aliphatic heterocycles. The van der Waals surface area contributed by atoms with Crippen molar-refractivity contribution in [3.8, 4) is 55.6 Å². The average molecular weight is 1070 g/mol. The Morgan fingerprint density at radius 2 is 0.819 bits per heavy atom. The predicted octanol–water partition coefficient (Wildman–Crippen LogP) is 21.5. The third-order valence-electron chi connectivity index (χ3n) is 21.7. The van der Waals surface area contributed by atoms with E-state index in [0.29, 0.717) is 11.8 Å². The fourth-order valence-electron chi connectivity index (χ4n) is 18.3. The second kappa shape index (κ2) is 18.0. The van der Waals surface area contributed by atoms with Crippen LogP contribution in [0.25, 0.3) is 55.6 Å². The van der Waals surface area contributed by atoms with Gasteiger partial charge in [-0.3, -0.25) is 0 Å². The maximum Gasteiger partial charge on any atom is 0.0714 e. The highest BCUT2D eigenvalue weighted by molar-refractivity contribution is 5.99. The maximum absolute atomic E-state index is 2.69. The van der Waals surface area contributed by atoms with Gasteiger partial charge >= 0.3 is 0 Å². The molecule has 17 rings (SSSR count). The average Bonchev–Trinajstić information content (AvgIpc) is 4.00. The van der Waals surface area contributed by atoms with Crippen molar-refractivity contribution in [2.75, 3.05) is 4.90 Å². The van der Waals surface area contributed by atoms with Gasteiger partial charge in [-0.2, -0.15) is 0 Å². The standard InChI is InChI=1S/C82H75N/c1-78(2,3)54-33-37-56(38-34-54)81(57-39-35-55(36-40-57)79(4,5)6)72-28-16-13-23-69(72)76-73(81)29-18-30-75(76)83(61-43-44-66-64-21-12-15-27-71(64)82(74(66)50-61)58-46-51-45-52(48-58)49-59(82)47-51)60-41-31-53(32-42-60)62-19-9-10-20-63(62)67-24-17-25-68-65-22-11-14-26-70(65)80(7,8)77(67)68/h9-44,50-52,58-59H,45-49H2,1-8H3. The summed E-state index contributed by atoms with van der Waals surface area (Å²) in [6.45, 7) is 18.8. The number of hydrogen-bond acceptors (Lipinski definition) is 1. The highest BCUT2D eigenvalue weighted by Gasteiger charge is 2.62. The van der Waals surface area contributed by atoms with Gasteiger partial charge in [0.2, 0.25) is 0 Å². The molecule has 83 heavy (non-hydrogen) atoms. The van der Waals surface area contributed by atoms with Gasteiger partial charge in [0, 0.05) is 27.8 Å². The molecule has 0 aromatic heterocycles. The van der Waals surface area contributed by atoms with Crippen LogP contribution in [0.1, 0.15) is 143 Å². The lowest BCUT2D eigenvalue weighted by Crippen LogP contribution is -2.55. The minimum atomic E-state index is -0.578. The molecule has 0 N–H and O–H groups in total. The van der Waals surface area contributed by atoms with Gasteiger partial charge in [-0.15, -0.1) is 0 Å². The summed E-state index contributed by atoms with van der Waals surface area (Å²) in [4.78, 5) is 2.66. The lowest BCUT2D eigenvalue weighted by molar-refractivity contribution is -0.0399. The molecule has 0 radical (unpaired) electrons. The smallest absolute Gasteiger partial charge is 0.0714 e. The summed E-state index contributed by atoms with van der Waals surface area (Å²) < 4.78 is 0. The molecule has 1 heteroatoms. The normalized spacial score (nSPS) is 21.5. The minimum Gasteiger partial charge on any atom is -0.310 e. The van der Waals surface area contributed by atoms with Gasteiger partial charge in [-0.1, -0.05) is 250 Å². The SMILES string of the molecule is CC(C)(C)c1ccc(C2(c3ccc(C(C)(C)C)cc3)c3ccccc3-c3c(N(c4ccc(-c5ccccc5-c5cccc6c5C(C)(C)c5ccccc5-6)cc4)c4ccc5c(c4)C4(c6ccccc6-5)C5CC6CC(C5)CC4C6)cccc32)cc1. The summed E-state index contributed by atoms with van der Waals surface area (Å²) in [6.07, 6.45) is 6.85. The molecular formula is C82H75N. The highest BCUT2D eigenvalue weighted by Crippen LogP contribution is 2.70. The van der Waals surface area contributed by atoms with Crippen LogP contribution in [-0.4, -0.2) is 0 Å². The predicted molar refractivity (Wildman–Crippen MR) is 348 cm³/mol. The van der Waals surface area contributed by atoms with Crippen LogP contribution in [0.5, 0.6) is 0 Å². The lowest BCUT2D eigenvalue weighted by atomic mass is 9.43. The minimum absolute atomic E-state index is 0.0222. The fourth-order valence-corrected chi connectivity index (χ4v) is 18.3. The summed E-state index contributed by atoms with van der Waals surface area (Å²) in [5, 5.41) is 0. The first-order chi connectivity index (χ1) is 40.1. The molecule has 7 aliphatic rings. The van der Waals surface area contributed by atoms with E-state index in [1.165, 1.54) is 144 Å². The second-order valence-corrected chi connectivity index (χ2v) is 28.4. The Morgan fingerprint density at radius 3 is 1.42 bits per heavy atom. The van der Waals surface area contributed by atoms with E-state index in [2.05, 4.69) is 285 Å². The Labute approximate surface area is 493 Å². The zero-order valence-electron chi connectivity index (χ0n) is 49.7. The molecule has 408 valence electrons. The quantitative estimate of drug-likeness (QED) is 0.154. The maximum atomic E-state index is 2.69. The first kappa shape index (κ1) is 50.7. The van der Waals surface area contributed by atoms with Crippen molar-refractivity contribution in [1.29, 1.82) is 0 Å². The van der Waals surface area contributed by atoms with Crippen molar-refractivity contribution in [2.24, 2.45) is 23.7 Å². The molecule has 4 saturated carbocycles. The van der Waals surface area contributed by atoms with E-state index in [1.54, 1.807) is 11.1 Å². The largest absolute Gasteiger partial charge is 0.310 e. The zero-order chi connectivity index (χ0) is 56.4. The Kier molecular flexibility index (Phi) is 11.0. The topological polar surface area (TPSA) is 3.24 Å². The molecule has 10 aromatic rings. The van der Waals surface area contributed by atoms with Crippen LogP contribution < -0.4 is 4.90 Å². The van der Waals surface area contributed by atoms with Gasteiger partial charge in [-0.05, 0) is 203 Å². The van der Waals surface area contributed by atoms with Crippen molar-refractivity contribution in [3.63, 3.8) is 0 Å². The van der Waals surface area contributed by atoms with Crippen molar-refractivity contribution in [3.05, 3.63) is 280 Å². The molecule has 4 fully saturated rings. The van der Waals surface area contributed by atoms with Crippen LogP contribution in [0.15, 0.2) is 224 Å². The Morgan fingerprint density at radius 1 is 0.361 bits per heavy atom. The molecule has 0 saturated heterocycles. The molecule has 1 spiro atoms. The van der Waals surface area contributed by atoms with Crippen LogP contribution in [-0.2, 0) is 27.1 Å². The second-order valence-electron chi connectivity index (χ2n) is 28.4. The van der Waals surface area contributed by atoms with Gasteiger partial charge in [-0.25, -0.2) is 0 Å². The van der Waals surface area contributed by atoms with E-state index in [1.807, 2.05) is 0 Å². The van der Waals surface area contributed by atoms with Crippen LogP contribution in [0.4, 0.5) is 17.1 Å². The zero-order valence-corrected chi connectivity index (χ0v) is 49.7. The van der Waals surface area contributed by atoms with Gasteiger partial charge < -0.3 is 4.90 Å². The Balaban J connectivity index is 0.917. The summed E-state index contributed by atoms with van der Waals surface area (Å²) in [7, 11) is 0. The third kappa shape index (κ3) is 7.19. The van der Waals surface area contributed by atoms with E-state index >= 15 is 0 Å². The molecule has 10 aromatic carbocycles. The van der Waals surface area contributed by atoms with Crippen LogP contribution in [0.2, 0.25) is 0 Å². The first-order valence-electron chi connectivity index (χ1n) is 31.1. The van der Waals surface area contributed by atoms with E-state index in [0.717, 1.165) is 17.5 Å². The fraction of sp³-hybridized carbons (Fsp3) is 0.268. The van der Waals surface area contributed by atoms with E-state index < -0.39 is 5.41 Å². The number of nitrogens with zero attached hydrogens (tertiary/aromatic N) is 1. The summed E-state index contributed by atoms with van der Waals surface area (Å²) in [5.41, 5.74) is 30.1. The van der Waals surface area contributed by atoms with Crippen molar-refractivity contribution < 1.29 is 0 Å². The van der Waals surface area contributed by atoms with Crippen molar-refractivity contribution >= 4 is 17.1 Å². The summed E-state index contributed by atoms with van der Waals surface area (Å²) >= 11 is 0. The molecule has 0 amide bonds. The van der Waals surface area contributed by atoms with Gasteiger partial charge in [0.15, 0.2) is 0 Å². The third-order valence-corrected chi connectivity index (χ3v) is 21.7. The van der Waals surface area contributed by atoms with Crippen molar-refractivity contribution in [1.82, 2.24) is 0 Å². The van der Waals surface area contributed by atoms with E-state index in [4.69, 9.17) is 0 Å². The summed E-state index contributed by atoms with van der Waals surface area (Å²) in [6, 6.07) is 88.0. The molecular weight excluding hydrogens is 999 g/mol. The number of hydrogen-bond donors (Lipinski definition) is 0.